The lowest BCUT2D eigenvalue weighted by atomic mass is 10.0. The Labute approximate surface area is 121 Å². The van der Waals surface area contributed by atoms with Gasteiger partial charge in [-0.3, -0.25) is 4.79 Å². The number of carbonyl (C=O) groups excluding carboxylic acids is 1. The van der Waals surface area contributed by atoms with Crippen molar-refractivity contribution in [1.29, 1.82) is 0 Å². The number of nitrogens with two attached hydrogens (primary N) is 1. The first-order valence-corrected chi connectivity index (χ1v) is 6.77. The van der Waals surface area contributed by atoms with Crippen molar-refractivity contribution in [2.75, 3.05) is 13.1 Å². The maximum atomic E-state index is 11.9. The highest BCUT2D eigenvalue weighted by atomic mass is 35.5. The molecule has 1 aliphatic rings. The number of hydrogen-bond donors (Lipinski definition) is 2. The molecule has 1 saturated carbocycles. The van der Waals surface area contributed by atoms with E-state index in [0.29, 0.717) is 12.5 Å². The first-order chi connectivity index (χ1) is 8.74. The molecule has 0 saturated heterocycles. The minimum Gasteiger partial charge on any atom is -0.356 e. The summed E-state index contributed by atoms with van der Waals surface area (Å²) >= 11 is 0. The van der Waals surface area contributed by atoms with Crippen molar-refractivity contribution in [2.24, 2.45) is 11.7 Å². The van der Waals surface area contributed by atoms with Crippen molar-refractivity contribution < 1.29 is 4.79 Å². The normalized spacial score (nSPS) is 20.5. The van der Waals surface area contributed by atoms with Gasteiger partial charge in [-0.2, -0.15) is 0 Å². The lowest BCUT2D eigenvalue weighted by Gasteiger charge is -2.06. The van der Waals surface area contributed by atoms with Crippen LogP contribution in [-0.4, -0.2) is 19.0 Å². The average Bonchev–Trinajstić information content (AvgIpc) is 3.15. The first-order valence-electron chi connectivity index (χ1n) is 6.77. The summed E-state index contributed by atoms with van der Waals surface area (Å²) < 4.78 is 0. The van der Waals surface area contributed by atoms with E-state index in [1.165, 1.54) is 11.1 Å². The molecule has 2 rings (SSSR count). The van der Waals surface area contributed by atoms with Crippen LogP contribution in [0.5, 0.6) is 0 Å². The van der Waals surface area contributed by atoms with Crippen LogP contribution in [0.25, 0.3) is 0 Å². The lowest BCUT2D eigenvalue weighted by molar-refractivity contribution is -0.122. The highest BCUT2D eigenvalue weighted by Gasteiger charge is 2.44. The molecule has 2 unspecified atom stereocenters. The lowest BCUT2D eigenvalue weighted by Crippen LogP contribution is -2.26. The van der Waals surface area contributed by atoms with Crippen LogP contribution in [0.4, 0.5) is 0 Å². The fourth-order valence-electron chi connectivity index (χ4n) is 2.44. The van der Waals surface area contributed by atoms with Crippen LogP contribution in [0.1, 0.15) is 36.3 Å². The number of nitrogens with one attached hydrogen (secondary N) is 1. The van der Waals surface area contributed by atoms with E-state index in [2.05, 4.69) is 30.4 Å². The fraction of sp³-hybridized carbons (Fsp3) is 0.533. The highest BCUT2D eigenvalue weighted by Crippen LogP contribution is 2.48. The predicted octanol–water partition coefficient (Wildman–Crippen LogP) is 2.38. The molecule has 0 spiro atoms. The molecule has 0 aromatic heterocycles. The standard InChI is InChI=1S/C15H22N2O.ClH/c1-11-6-2-3-7-12(11)13-10-14(13)15(18)17-9-5-4-8-16;/h2-3,6-7,13-14H,4-5,8-10,16H2,1H3,(H,17,18);1H. The molecular formula is C15H23ClN2O. The van der Waals surface area contributed by atoms with Crippen molar-refractivity contribution in [3.05, 3.63) is 35.4 Å². The summed E-state index contributed by atoms with van der Waals surface area (Å²) in [6.45, 7) is 3.57. The minimum absolute atomic E-state index is 0. The van der Waals surface area contributed by atoms with Crippen LogP contribution in [-0.2, 0) is 4.79 Å². The molecule has 0 bridgehead atoms. The number of hydrogen-bond acceptors (Lipinski definition) is 2. The molecule has 3 N–H and O–H groups in total. The largest absolute Gasteiger partial charge is 0.356 e. The summed E-state index contributed by atoms with van der Waals surface area (Å²) in [7, 11) is 0. The molecule has 1 aliphatic carbocycles. The predicted molar refractivity (Wildman–Crippen MR) is 80.6 cm³/mol. The molecule has 1 amide bonds. The van der Waals surface area contributed by atoms with Gasteiger partial charge < -0.3 is 11.1 Å². The second-order valence-electron chi connectivity index (χ2n) is 5.09. The van der Waals surface area contributed by atoms with E-state index in [1.807, 2.05) is 6.07 Å². The average molecular weight is 283 g/mol. The number of benzene rings is 1. The Balaban J connectivity index is 0.00000180. The summed E-state index contributed by atoms with van der Waals surface area (Å²) in [5.74, 6) is 0.824. The van der Waals surface area contributed by atoms with Crippen LogP contribution >= 0.6 is 12.4 Å². The summed E-state index contributed by atoms with van der Waals surface area (Å²) in [4.78, 5) is 11.9. The van der Waals surface area contributed by atoms with Gasteiger partial charge in [0.25, 0.3) is 0 Å². The molecule has 1 aromatic rings. The molecule has 3 nitrogen and oxygen atoms in total. The SMILES string of the molecule is Cc1ccccc1C1CC1C(=O)NCCCCN.Cl. The van der Waals surface area contributed by atoms with Crippen molar-refractivity contribution in [1.82, 2.24) is 5.32 Å². The summed E-state index contributed by atoms with van der Waals surface area (Å²) in [6, 6.07) is 8.35. The molecule has 2 atom stereocenters. The summed E-state index contributed by atoms with van der Waals surface area (Å²) in [5.41, 5.74) is 8.05. The van der Waals surface area contributed by atoms with E-state index in [4.69, 9.17) is 5.73 Å². The fourth-order valence-corrected chi connectivity index (χ4v) is 2.44. The zero-order valence-corrected chi connectivity index (χ0v) is 12.2. The molecule has 0 heterocycles. The van der Waals surface area contributed by atoms with E-state index in [9.17, 15) is 4.79 Å². The number of amides is 1. The number of aryl methyl sites for hydroxylation is 1. The quantitative estimate of drug-likeness (QED) is 0.787. The molecule has 0 radical (unpaired) electrons. The number of carbonyl (C=O) groups is 1. The molecule has 1 aromatic carbocycles. The Morgan fingerprint density at radius 3 is 2.79 bits per heavy atom. The topological polar surface area (TPSA) is 55.1 Å². The Morgan fingerprint density at radius 2 is 2.11 bits per heavy atom. The number of unbranched alkanes of at least 4 members (excludes halogenated alkanes) is 1. The van der Waals surface area contributed by atoms with Gasteiger partial charge in [-0.05, 0) is 49.8 Å². The Kier molecular flexibility index (Phi) is 6.32. The summed E-state index contributed by atoms with van der Waals surface area (Å²) in [6.07, 6.45) is 2.95. The van der Waals surface area contributed by atoms with Gasteiger partial charge in [-0.15, -0.1) is 12.4 Å². The third kappa shape index (κ3) is 4.22. The second-order valence-corrected chi connectivity index (χ2v) is 5.09. The van der Waals surface area contributed by atoms with Crippen LogP contribution in [0.3, 0.4) is 0 Å². The van der Waals surface area contributed by atoms with Gasteiger partial charge in [0, 0.05) is 12.5 Å². The summed E-state index contributed by atoms with van der Waals surface area (Å²) in [5, 5.41) is 3.00. The van der Waals surface area contributed by atoms with Gasteiger partial charge in [-0.1, -0.05) is 24.3 Å². The van der Waals surface area contributed by atoms with E-state index in [0.717, 1.165) is 25.8 Å². The van der Waals surface area contributed by atoms with Gasteiger partial charge in [0.05, 0.1) is 0 Å². The van der Waals surface area contributed by atoms with Gasteiger partial charge >= 0.3 is 0 Å². The first kappa shape index (κ1) is 16.0. The van der Waals surface area contributed by atoms with E-state index < -0.39 is 0 Å². The molecule has 0 aliphatic heterocycles. The Morgan fingerprint density at radius 1 is 1.37 bits per heavy atom. The molecule has 106 valence electrons. The van der Waals surface area contributed by atoms with Crippen molar-refractivity contribution >= 4 is 18.3 Å². The van der Waals surface area contributed by atoms with Crippen molar-refractivity contribution in [3.63, 3.8) is 0 Å². The highest BCUT2D eigenvalue weighted by molar-refractivity contribution is 5.85. The van der Waals surface area contributed by atoms with E-state index >= 15 is 0 Å². The van der Waals surface area contributed by atoms with Gasteiger partial charge in [0.1, 0.15) is 0 Å². The number of rotatable bonds is 6. The maximum absolute atomic E-state index is 11.9. The minimum atomic E-state index is 0. The molecule has 1 fully saturated rings. The molecule has 19 heavy (non-hydrogen) atoms. The third-order valence-corrected chi connectivity index (χ3v) is 3.65. The smallest absolute Gasteiger partial charge is 0.223 e. The third-order valence-electron chi connectivity index (χ3n) is 3.65. The van der Waals surface area contributed by atoms with Crippen LogP contribution in [0.2, 0.25) is 0 Å². The Bertz CT molecular complexity index is 422. The molecular weight excluding hydrogens is 260 g/mol. The van der Waals surface area contributed by atoms with Gasteiger partial charge in [0.2, 0.25) is 5.91 Å². The van der Waals surface area contributed by atoms with Crippen LogP contribution in [0.15, 0.2) is 24.3 Å². The van der Waals surface area contributed by atoms with E-state index in [-0.39, 0.29) is 24.2 Å². The maximum Gasteiger partial charge on any atom is 0.223 e. The monoisotopic (exact) mass is 282 g/mol. The van der Waals surface area contributed by atoms with E-state index in [1.54, 1.807) is 0 Å². The van der Waals surface area contributed by atoms with Crippen molar-refractivity contribution in [2.45, 2.75) is 32.1 Å². The zero-order valence-electron chi connectivity index (χ0n) is 11.4. The van der Waals surface area contributed by atoms with Gasteiger partial charge in [0.15, 0.2) is 0 Å². The van der Waals surface area contributed by atoms with Gasteiger partial charge in [-0.25, -0.2) is 0 Å². The van der Waals surface area contributed by atoms with Crippen LogP contribution in [0, 0.1) is 12.8 Å². The van der Waals surface area contributed by atoms with Crippen LogP contribution < -0.4 is 11.1 Å². The number of halogens is 1. The Hall–Kier alpha value is -1.06. The zero-order chi connectivity index (χ0) is 13.0. The second kappa shape index (κ2) is 7.51. The molecule has 4 heteroatoms. The van der Waals surface area contributed by atoms with Crippen molar-refractivity contribution in [3.8, 4) is 0 Å².